The molecule has 0 aromatic rings. The van der Waals surface area contributed by atoms with E-state index in [9.17, 15) is 4.79 Å². The lowest BCUT2D eigenvalue weighted by Crippen LogP contribution is -2.40. The van der Waals surface area contributed by atoms with E-state index < -0.39 is 0 Å². The number of amides is 1. The number of nitriles is 1. The Balaban J connectivity index is 2.07. The number of nitrogens with one attached hydrogen (secondary N) is 2. The third-order valence-corrected chi connectivity index (χ3v) is 2.61. The highest BCUT2D eigenvalue weighted by Crippen LogP contribution is 2.27. The van der Waals surface area contributed by atoms with Crippen molar-refractivity contribution in [3.63, 3.8) is 0 Å². The molecule has 15 heavy (non-hydrogen) atoms. The third-order valence-electron chi connectivity index (χ3n) is 2.61. The molecular weight excluding hydrogens is 190 g/mol. The van der Waals surface area contributed by atoms with Gasteiger partial charge in [0.25, 0.3) is 0 Å². The highest BCUT2D eigenvalue weighted by Gasteiger charge is 2.20. The van der Waals surface area contributed by atoms with Crippen molar-refractivity contribution in [1.82, 2.24) is 10.6 Å². The lowest BCUT2D eigenvalue weighted by atomic mass is 10.1. The van der Waals surface area contributed by atoms with Crippen molar-refractivity contribution in [3.05, 3.63) is 0 Å². The zero-order valence-electron chi connectivity index (χ0n) is 9.25. The van der Waals surface area contributed by atoms with Crippen molar-refractivity contribution in [2.24, 2.45) is 5.92 Å². The van der Waals surface area contributed by atoms with Crippen molar-refractivity contribution in [2.45, 2.75) is 38.6 Å². The Morgan fingerprint density at radius 1 is 1.60 bits per heavy atom. The molecule has 1 unspecified atom stereocenters. The summed E-state index contributed by atoms with van der Waals surface area (Å²) in [6.45, 7) is 3.29. The highest BCUT2D eigenvalue weighted by molar-refractivity contribution is 5.78. The van der Waals surface area contributed by atoms with Crippen LogP contribution in [0.2, 0.25) is 0 Å². The van der Waals surface area contributed by atoms with Gasteiger partial charge in [-0.15, -0.1) is 0 Å². The zero-order chi connectivity index (χ0) is 11.1. The molecule has 4 heteroatoms. The molecule has 0 bridgehead atoms. The van der Waals surface area contributed by atoms with Crippen LogP contribution in [0.25, 0.3) is 0 Å². The lowest BCUT2D eigenvalue weighted by molar-refractivity contribution is -0.120. The number of carbonyl (C=O) groups excluding carboxylic acids is 1. The van der Waals surface area contributed by atoms with Gasteiger partial charge in [-0.25, -0.2) is 0 Å². The Hall–Kier alpha value is -1.08. The van der Waals surface area contributed by atoms with Gasteiger partial charge in [0, 0.05) is 6.04 Å². The van der Waals surface area contributed by atoms with Crippen LogP contribution in [0, 0.1) is 17.2 Å². The molecule has 1 atom stereocenters. The van der Waals surface area contributed by atoms with Crippen LogP contribution < -0.4 is 10.6 Å². The summed E-state index contributed by atoms with van der Waals surface area (Å²) in [5.74, 6) is 0.789. The van der Waals surface area contributed by atoms with Crippen LogP contribution in [-0.4, -0.2) is 25.0 Å². The van der Waals surface area contributed by atoms with Crippen LogP contribution in [0.1, 0.15) is 32.6 Å². The molecule has 0 radical (unpaired) electrons. The summed E-state index contributed by atoms with van der Waals surface area (Å²) in [5.41, 5.74) is 0. The fraction of sp³-hybridized carbons (Fsp3) is 0.818. The Labute approximate surface area is 91.0 Å². The molecule has 0 heterocycles. The number of hydrogen-bond acceptors (Lipinski definition) is 3. The summed E-state index contributed by atoms with van der Waals surface area (Å²) in [6, 6.07) is 2.08. The molecule has 1 rings (SSSR count). The largest absolute Gasteiger partial charge is 0.351 e. The predicted octanol–water partition coefficient (Wildman–Crippen LogP) is 0.794. The van der Waals surface area contributed by atoms with Gasteiger partial charge in [0.1, 0.15) is 0 Å². The lowest BCUT2D eigenvalue weighted by Gasteiger charge is -2.13. The highest BCUT2D eigenvalue weighted by atomic mass is 16.1. The van der Waals surface area contributed by atoms with E-state index in [-0.39, 0.29) is 11.9 Å². The molecule has 2 N–H and O–H groups in total. The van der Waals surface area contributed by atoms with Gasteiger partial charge in [0.2, 0.25) is 5.91 Å². The molecule has 1 aliphatic rings. The van der Waals surface area contributed by atoms with Gasteiger partial charge in [-0.2, -0.15) is 5.26 Å². The van der Waals surface area contributed by atoms with Crippen molar-refractivity contribution >= 4 is 5.91 Å². The summed E-state index contributed by atoms with van der Waals surface area (Å²) in [4.78, 5) is 11.4. The van der Waals surface area contributed by atoms with Crippen LogP contribution in [-0.2, 0) is 4.79 Å². The predicted molar refractivity (Wildman–Crippen MR) is 58.0 cm³/mol. The zero-order valence-corrected chi connectivity index (χ0v) is 9.25. The van der Waals surface area contributed by atoms with Crippen LogP contribution in [0.3, 0.4) is 0 Å². The maximum Gasteiger partial charge on any atom is 0.234 e. The molecule has 0 aliphatic heterocycles. The number of hydrogen-bond donors (Lipinski definition) is 2. The van der Waals surface area contributed by atoms with Crippen molar-refractivity contribution in [1.29, 1.82) is 5.26 Å². The van der Waals surface area contributed by atoms with E-state index in [1.54, 1.807) is 0 Å². The number of nitrogens with zero attached hydrogens (tertiary/aromatic N) is 1. The van der Waals surface area contributed by atoms with Crippen molar-refractivity contribution < 1.29 is 4.79 Å². The van der Waals surface area contributed by atoms with E-state index in [1.807, 2.05) is 6.92 Å². The Bertz CT molecular complexity index is 243. The molecule has 1 fully saturated rings. The van der Waals surface area contributed by atoms with Gasteiger partial charge in [-0.05, 0) is 31.7 Å². The van der Waals surface area contributed by atoms with Gasteiger partial charge >= 0.3 is 0 Å². The number of carbonyl (C=O) groups is 1. The molecule has 1 amide bonds. The maximum absolute atomic E-state index is 11.4. The average molecular weight is 209 g/mol. The summed E-state index contributed by atoms with van der Waals surface area (Å²) in [6.07, 6.45) is 3.79. The molecule has 0 aromatic heterocycles. The van der Waals surface area contributed by atoms with E-state index in [0.717, 1.165) is 18.9 Å². The summed E-state index contributed by atoms with van der Waals surface area (Å²) in [7, 11) is 0. The molecule has 0 saturated heterocycles. The van der Waals surface area contributed by atoms with E-state index in [0.29, 0.717) is 13.0 Å². The molecule has 0 aromatic carbocycles. The monoisotopic (exact) mass is 209 g/mol. The minimum Gasteiger partial charge on any atom is -0.351 e. The summed E-state index contributed by atoms with van der Waals surface area (Å²) in [5, 5.41) is 14.5. The van der Waals surface area contributed by atoms with Crippen molar-refractivity contribution in [2.75, 3.05) is 13.1 Å². The standard InChI is InChI=1S/C11H19N3O/c1-2-10(5-6-12)14-11(15)8-13-7-9-3-4-9/h9-10,13H,2-5,7-8H2,1H3,(H,14,15). The Morgan fingerprint density at radius 2 is 2.33 bits per heavy atom. The molecule has 84 valence electrons. The van der Waals surface area contributed by atoms with Gasteiger partial charge in [0.15, 0.2) is 0 Å². The fourth-order valence-electron chi connectivity index (χ4n) is 1.40. The molecule has 1 aliphatic carbocycles. The summed E-state index contributed by atoms with van der Waals surface area (Å²) < 4.78 is 0. The second-order valence-corrected chi connectivity index (χ2v) is 4.11. The first-order valence-electron chi connectivity index (χ1n) is 5.63. The van der Waals surface area contributed by atoms with Crippen LogP contribution in [0.15, 0.2) is 0 Å². The Kier molecular flexibility index (Phi) is 5.13. The van der Waals surface area contributed by atoms with E-state index in [2.05, 4.69) is 16.7 Å². The first-order valence-corrected chi connectivity index (χ1v) is 5.63. The average Bonchev–Trinajstić information content (AvgIpc) is 3.01. The van der Waals surface area contributed by atoms with Gasteiger partial charge in [0.05, 0.1) is 19.0 Å². The van der Waals surface area contributed by atoms with E-state index >= 15 is 0 Å². The van der Waals surface area contributed by atoms with Crippen LogP contribution >= 0.6 is 0 Å². The van der Waals surface area contributed by atoms with E-state index in [1.165, 1.54) is 12.8 Å². The second-order valence-electron chi connectivity index (χ2n) is 4.11. The quantitative estimate of drug-likeness (QED) is 0.651. The molecule has 4 nitrogen and oxygen atoms in total. The first-order chi connectivity index (χ1) is 7.26. The normalized spacial score (nSPS) is 16.8. The first kappa shape index (κ1) is 12.0. The number of rotatable bonds is 7. The third kappa shape index (κ3) is 5.38. The van der Waals surface area contributed by atoms with Crippen LogP contribution in [0.4, 0.5) is 0 Å². The minimum absolute atomic E-state index is 0.00208. The maximum atomic E-state index is 11.4. The van der Waals surface area contributed by atoms with E-state index in [4.69, 9.17) is 5.26 Å². The van der Waals surface area contributed by atoms with Gasteiger partial charge in [-0.3, -0.25) is 4.79 Å². The van der Waals surface area contributed by atoms with Crippen molar-refractivity contribution in [3.8, 4) is 6.07 Å². The van der Waals surface area contributed by atoms with Gasteiger partial charge in [-0.1, -0.05) is 6.92 Å². The topological polar surface area (TPSA) is 64.9 Å². The fourth-order valence-corrected chi connectivity index (χ4v) is 1.40. The van der Waals surface area contributed by atoms with Gasteiger partial charge < -0.3 is 10.6 Å². The van der Waals surface area contributed by atoms with Crippen LogP contribution in [0.5, 0.6) is 0 Å². The SMILES string of the molecule is CCC(CC#N)NC(=O)CNCC1CC1. The molecular formula is C11H19N3O. The Morgan fingerprint density at radius 3 is 2.87 bits per heavy atom. The molecule has 0 spiro atoms. The second kappa shape index (κ2) is 6.41. The minimum atomic E-state index is -0.00208. The molecule has 1 saturated carbocycles. The smallest absolute Gasteiger partial charge is 0.234 e. The summed E-state index contributed by atoms with van der Waals surface area (Å²) >= 11 is 0.